The number of hydrogen-bond acceptors (Lipinski definition) is 2. The van der Waals surface area contributed by atoms with E-state index in [0.717, 1.165) is 16.5 Å². The summed E-state index contributed by atoms with van der Waals surface area (Å²) in [5.74, 6) is 0. The second-order valence-electron chi connectivity index (χ2n) is 4.45. The van der Waals surface area contributed by atoms with Crippen molar-refractivity contribution < 1.29 is 13.2 Å². The van der Waals surface area contributed by atoms with Crippen molar-refractivity contribution in [3.05, 3.63) is 55.7 Å². The molecule has 1 aromatic carbocycles. The molecule has 0 fully saturated rings. The van der Waals surface area contributed by atoms with E-state index in [0.29, 0.717) is 10.0 Å². The van der Waals surface area contributed by atoms with Crippen LogP contribution >= 0.6 is 27.3 Å². The lowest BCUT2D eigenvalue weighted by Crippen LogP contribution is -2.18. The van der Waals surface area contributed by atoms with Gasteiger partial charge in [0, 0.05) is 9.35 Å². The number of halogens is 4. The molecule has 0 radical (unpaired) electrons. The molecule has 0 aliphatic rings. The minimum atomic E-state index is -4.34. The summed E-state index contributed by atoms with van der Waals surface area (Å²) in [4.78, 5) is 1.13. The molecule has 1 atom stereocenters. The third kappa shape index (κ3) is 3.24. The van der Waals surface area contributed by atoms with E-state index in [1.165, 1.54) is 12.1 Å². The summed E-state index contributed by atoms with van der Waals surface area (Å²) in [5.41, 5.74) is 0.915. The van der Waals surface area contributed by atoms with Gasteiger partial charge in [0.2, 0.25) is 0 Å². The molecule has 1 N–H and O–H groups in total. The molecular weight excluding hydrogens is 351 g/mol. The summed E-state index contributed by atoms with van der Waals surface area (Å²) in [5, 5.41) is 5.04. The summed E-state index contributed by atoms with van der Waals surface area (Å²) >= 11 is 4.92. The van der Waals surface area contributed by atoms with Gasteiger partial charge in [-0.3, -0.25) is 0 Å². The maximum atomic E-state index is 12.8. The van der Waals surface area contributed by atoms with Crippen molar-refractivity contribution in [2.45, 2.75) is 19.1 Å². The monoisotopic (exact) mass is 363 g/mol. The lowest BCUT2D eigenvalue weighted by molar-refractivity contribution is -0.137. The van der Waals surface area contributed by atoms with E-state index in [4.69, 9.17) is 0 Å². The first-order valence-corrected chi connectivity index (χ1v) is 7.59. The van der Waals surface area contributed by atoms with Crippen LogP contribution in [0.2, 0.25) is 0 Å². The molecule has 1 aromatic heterocycles. The Hall–Kier alpha value is -0.850. The molecule has 0 saturated carbocycles. The first-order valence-electron chi connectivity index (χ1n) is 5.92. The molecule has 0 saturated heterocycles. The largest absolute Gasteiger partial charge is 0.416 e. The van der Waals surface area contributed by atoms with Crippen molar-refractivity contribution in [3.63, 3.8) is 0 Å². The lowest BCUT2D eigenvalue weighted by atomic mass is 9.99. The van der Waals surface area contributed by atoms with Gasteiger partial charge in [-0.05, 0) is 54.7 Å². The summed E-state index contributed by atoms with van der Waals surface area (Å²) in [7, 11) is 1.74. The van der Waals surface area contributed by atoms with Gasteiger partial charge in [0.15, 0.2) is 0 Å². The van der Waals surface area contributed by atoms with Crippen LogP contribution in [0.15, 0.2) is 34.1 Å². The Morgan fingerprint density at radius 2 is 1.95 bits per heavy atom. The summed E-state index contributed by atoms with van der Waals surface area (Å²) in [6, 6.07) is 5.44. The van der Waals surface area contributed by atoms with Crippen molar-refractivity contribution in [2.24, 2.45) is 0 Å². The van der Waals surface area contributed by atoms with Crippen LogP contribution in [-0.2, 0) is 6.18 Å². The van der Waals surface area contributed by atoms with Crippen LogP contribution in [0.25, 0.3) is 0 Å². The third-order valence-electron chi connectivity index (χ3n) is 3.01. The Kier molecular flexibility index (Phi) is 4.56. The Bertz CT molecular complexity index is 607. The van der Waals surface area contributed by atoms with Gasteiger partial charge in [0.1, 0.15) is 0 Å². The Labute approximate surface area is 128 Å². The molecule has 1 nitrogen and oxygen atoms in total. The van der Waals surface area contributed by atoms with Gasteiger partial charge in [0.25, 0.3) is 0 Å². The molecule has 0 amide bonds. The number of hydrogen-bond donors (Lipinski definition) is 1. The van der Waals surface area contributed by atoms with Crippen LogP contribution in [0.5, 0.6) is 0 Å². The molecule has 0 bridgehead atoms. The third-order valence-corrected chi connectivity index (χ3v) is 4.61. The first kappa shape index (κ1) is 15.5. The van der Waals surface area contributed by atoms with Gasteiger partial charge in [-0.1, -0.05) is 15.9 Å². The van der Waals surface area contributed by atoms with Crippen molar-refractivity contribution in [3.8, 4) is 0 Å². The number of thiophene rings is 1. The highest BCUT2D eigenvalue weighted by Crippen LogP contribution is 2.36. The Balaban J connectivity index is 2.49. The van der Waals surface area contributed by atoms with Crippen molar-refractivity contribution in [2.75, 3.05) is 7.05 Å². The topological polar surface area (TPSA) is 12.0 Å². The predicted octanol–water partition coefficient (Wildman–Crippen LogP) is 5.15. The maximum Gasteiger partial charge on any atom is 0.416 e. The fraction of sp³-hybridized carbons (Fsp3) is 0.286. The van der Waals surface area contributed by atoms with Crippen LogP contribution in [0.3, 0.4) is 0 Å². The molecule has 20 heavy (non-hydrogen) atoms. The van der Waals surface area contributed by atoms with Gasteiger partial charge in [-0.25, -0.2) is 0 Å². The van der Waals surface area contributed by atoms with E-state index in [2.05, 4.69) is 21.2 Å². The van der Waals surface area contributed by atoms with E-state index < -0.39 is 11.7 Å². The zero-order valence-corrected chi connectivity index (χ0v) is 13.3. The van der Waals surface area contributed by atoms with E-state index >= 15 is 0 Å². The van der Waals surface area contributed by atoms with E-state index in [9.17, 15) is 13.2 Å². The number of nitrogens with one attached hydrogen (secondary N) is 1. The second kappa shape index (κ2) is 5.87. The zero-order chi connectivity index (χ0) is 14.9. The van der Waals surface area contributed by atoms with Gasteiger partial charge < -0.3 is 5.32 Å². The van der Waals surface area contributed by atoms with E-state index in [1.807, 2.05) is 18.4 Å². The average Bonchev–Trinajstić information content (AvgIpc) is 2.77. The van der Waals surface area contributed by atoms with Crippen LogP contribution in [0, 0.1) is 6.92 Å². The highest BCUT2D eigenvalue weighted by molar-refractivity contribution is 9.10. The fourth-order valence-electron chi connectivity index (χ4n) is 2.06. The Morgan fingerprint density at radius 1 is 1.25 bits per heavy atom. The maximum absolute atomic E-state index is 12.8. The van der Waals surface area contributed by atoms with Crippen molar-refractivity contribution in [1.29, 1.82) is 0 Å². The van der Waals surface area contributed by atoms with Gasteiger partial charge in [0.05, 0.1) is 11.6 Å². The van der Waals surface area contributed by atoms with E-state index in [-0.39, 0.29) is 6.04 Å². The second-order valence-corrected chi connectivity index (χ2v) is 6.42. The predicted molar refractivity (Wildman–Crippen MR) is 79.1 cm³/mol. The first-order chi connectivity index (χ1) is 9.32. The van der Waals surface area contributed by atoms with Crippen molar-refractivity contribution >= 4 is 27.3 Å². The molecule has 1 heterocycles. The lowest BCUT2D eigenvalue weighted by Gasteiger charge is -2.19. The van der Waals surface area contributed by atoms with Gasteiger partial charge in [-0.2, -0.15) is 13.2 Å². The number of alkyl halides is 3. The molecule has 0 aliphatic heterocycles. The molecule has 0 spiro atoms. The molecule has 2 aromatic rings. The number of aryl methyl sites for hydroxylation is 1. The normalized spacial score (nSPS) is 13.5. The quantitative estimate of drug-likeness (QED) is 0.795. The van der Waals surface area contributed by atoms with Crippen LogP contribution in [0.1, 0.15) is 27.6 Å². The van der Waals surface area contributed by atoms with Gasteiger partial charge >= 0.3 is 6.18 Å². The minimum absolute atomic E-state index is 0.267. The summed E-state index contributed by atoms with van der Waals surface area (Å²) in [6.45, 7) is 1.97. The molecular formula is C14H13BrF3NS. The smallest absolute Gasteiger partial charge is 0.309 e. The van der Waals surface area contributed by atoms with Crippen molar-refractivity contribution in [1.82, 2.24) is 5.32 Å². The highest BCUT2D eigenvalue weighted by atomic mass is 79.9. The molecule has 108 valence electrons. The SMILES string of the molecule is CNC(c1csc(C)c1)c1cc(C(F)(F)F)ccc1Br. The minimum Gasteiger partial charge on any atom is -0.309 e. The standard InChI is InChI=1S/C14H13BrF3NS/c1-8-5-9(7-20-8)13(19-2)11-6-10(14(16,17)18)3-4-12(11)15/h3-7,13,19H,1-2H3. The summed E-state index contributed by atoms with van der Waals surface area (Å²) in [6.07, 6.45) is -4.34. The number of benzene rings is 1. The highest BCUT2D eigenvalue weighted by Gasteiger charge is 2.31. The van der Waals surface area contributed by atoms with Crippen LogP contribution < -0.4 is 5.32 Å². The molecule has 1 unspecified atom stereocenters. The average molecular weight is 364 g/mol. The molecule has 6 heteroatoms. The fourth-order valence-corrected chi connectivity index (χ4v) is 3.26. The van der Waals surface area contributed by atoms with Crippen LogP contribution in [0.4, 0.5) is 13.2 Å². The van der Waals surface area contributed by atoms with Gasteiger partial charge in [-0.15, -0.1) is 11.3 Å². The van der Waals surface area contributed by atoms with Crippen LogP contribution in [-0.4, -0.2) is 7.05 Å². The number of rotatable bonds is 3. The summed E-state index contributed by atoms with van der Waals surface area (Å²) < 4.78 is 39.2. The zero-order valence-electron chi connectivity index (χ0n) is 10.9. The molecule has 0 aliphatic carbocycles. The van der Waals surface area contributed by atoms with E-state index in [1.54, 1.807) is 18.4 Å². The molecule has 2 rings (SSSR count). The Morgan fingerprint density at radius 3 is 2.45 bits per heavy atom.